The molecule has 8 heteroatoms. The van der Waals surface area contributed by atoms with Crippen molar-refractivity contribution in [1.29, 1.82) is 0 Å². The van der Waals surface area contributed by atoms with Crippen LogP contribution in [-0.4, -0.2) is 45.1 Å². The lowest BCUT2D eigenvalue weighted by molar-refractivity contribution is 0.233. The third-order valence-electron chi connectivity index (χ3n) is 3.05. The Balaban J connectivity index is 1.65. The predicted octanol–water partition coefficient (Wildman–Crippen LogP) is 0.691. The fourth-order valence-electron chi connectivity index (χ4n) is 2.03. The van der Waals surface area contributed by atoms with Gasteiger partial charge in [-0.3, -0.25) is 0 Å². The SMILES string of the molecule is O=C(NCCOc1ccccc1F)NC1CCS(=O)(=O)C1. The lowest BCUT2D eigenvalue weighted by atomic mass is 10.3. The minimum atomic E-state index is -3.02. The van der Waals surface area contributed by atoms with Crippen molar-refractivity contribution in [3.05, 3.63) is 30.1 Å². The van der Waals surface area contributed by atoms with Gasteiger partial charge in [0.15, 0.2) is 21.4 Å². The molecule has 1 unspecified atom stereocenters. The number of hydrogen-bond acceptors (Lipinski definition) is 4. The molecule has 0 saturated carbocycles. The molecule has 1 aliphatic heterocycles. The molecule has 1 aromatic carbocycles. The number of carbonyl (C=O) groups is 1. The summed E-state index contributed by atoms with van der Waals surface area (Å²) in [7, 11) is -3.02. The van der Waals surface area contributed by atoms with Gasteiger partial charge in [-0.1, -0.05) is 12.1 Å². The van der Waals surface area contributed by atoms with E-state index in [-0.39, 0.29) is 36.4 Å². The van der Waals surface area contributed by atoms with Crippen LogP contribution in [0.1, 0.15) is 6.42 Å². The van der Waals surface area contributed by atoms with Crippen molar-refractivity contribution in [2.24, 2.45) is 0 Å². The Morgan fingerprint density at radius 3 is 2.81 bits per heavy atom. The lowest BCUT2D eigenvalue weighted by Crippen LogP contribution is -2.43. The van der Waals surface area contributed by atoms with Gasteiger partial charge in [0.1, 0.15) is 6.61 Å². The van der Waals surface area contributed by atoms with Crippen molar-refractivity contribution >= 4 is 15.9 Å². The van der Waals surface area contributed by atoms with E-state index in [1.165, 1.54) is 12.1 Å². The van der Waals surface area contributed by atoms with Crippen LogP contribution in [0.4, 0.5) is 9.18 Å². The molecule has 1 atom stereocenters. The minimum Gasteiger partial charge on any atom is -0.489 e. The maximum absolute atomic E-state index is 13.2. The number of hydrogen-bond donors (Lipinski definition) is 2. The third kappa shape index (κ3) is 4.89. The van der Waals surface area contributed by atoms with Gasteiger partial charge in [-0.05, 0) is 18.6 Å². The molecule has 0 spiro atoms. The Morgan fingerprint density at radius 2 is 2.14 bits per heavy atom. The molecule has 1 saturated heterocycles. The van der Waals surface area contributed by atoms with Crippen LogP contribution in [0.25, 0.3) is 0 Å². The Bertz CT molecular complexity index is 606. The van der Waals surface area contributed by atoms with E-state index in [1.54, 1.807) is 12.1 Å². The average molecular weight is 316 g/mol. The van der Waals surface area contributed by atoms with Crippen molar-refractivity contribution in [1.82, 2.24) is 10.6 Å². The van der Waals surface area contributed by atoms with Crippen molar-refractivity contribution in [3.8, 4) is 5.75 Å². The molecular weight excluding hydrogens is 299 g/mol. The van der Waals surface area contributed by atoms with E-state index in [2.05, 4.69) is 10.6 Å². The number of halogens is 1. The van der Waals surface area contributed by atoms with Crippen molar-refractivity contribution in [2.45, 2.75) is 12.5 Å². The second-order valence-electron chi connectivity index (χ2n) is 4.78. The molecule has 6 nitrogen and oxygen atoms in total. The fourth-order valence-corrected chi connectivity index (χ4v) is 3.71. The summed E-state index contributed by atoms with van der Waals surface area (Å²) >= 11 is 0. The number of benzene rings is 1. The fraction of sp³-hybridized carbons (Fsp3) is 0.462. The molecule has 0 bridgehead atoms. The van der Waals surface area contributed by atoms with Gasteiger partial charge >= 0.3 is 6.03 Å². The van der Waals surface area contributed by atoms with Gasteiger partial charge in [0.05, 0.1) is 18.1 Å². The molecule has 1 heterocycles. The van der Waals surface area contributed by atoms with Crippen LogP contribution in [0.5, 0.6) is 5.75 Å². The number of ether oxygens (including phenoxy) is 1. The first-order chi connectivity index (χ1) is 9.96. The average Bonchev–Trinajstić information content (AvgIpc) is 2.76. The Labute approximate surface area is 122 Å². The lowest BCUT2D eigenvalue weighted by Gasteiger charge is -2.12. The van der Waals surface area contributed by atoms with Gasteiger partial charge in [0, 0.05) is 6.04 Å². The second-order valence-corrected chi connectivity index (χ2v) is 7.01. The summed E-state index contributed by atoms with van der Waals surface area (Å²) in [5.74, 6) is -0.250. The first-order valence-electron chi connectivity index (χ1n) is 6.58. The quantitative estimate of drug-likeness (QED) is 0.783. The molecule has 0 aromatic heterocycles. The molecular formula is C13H17FN2O4S. The third-order valence-corrected chi connectivity index (χ3v) is 4.82. The highest BCUT2D eigenvalue weighted by atomic mass is 32.2. The summed E-state index contributed by atoms with van der Waals surface area (Å²) in [5.41, 5.74) is 0. The number of sulfone groups is 1. The number of amides is 2. The van der Waals surface area contributed by atoms with E-state index in [4.69, 9.17) is 4.74 Å². The van der Waals surface area contributed by atoms with E-state index >= 15 is 0 Å². The Hall–Kier alpha value is -1.83. The summed E-state index contributed by atoms with van der Waals surface area (Å²) in [5, 5.41) is 5.12. The first kappa shape index (κ1) is 15.6. The predicted molar refractivity (Wildman–Crippen MR) is 75.5 cm³/mol. The molecule has 0 aliphatic carbocycles. The summed E-state index contributed by atoms with van der Waals surface area (Å²) in [4.78, 5) is 11.5. The molecule has 116 valence electrons. The van der Waals surface area contributed by atoms with E-state index in [0.717, 1.165) is 0 Å². The molecule has 0 radical (unpaired) electrons. The molecule has 1 aromatic rings. The number of carbonyl (C=O) groups excluding carboxylic acids is 1. The van der Waals surface area contributed by atoms with Crippen LogP contribution in [0.15, 0.2) is 24.3 Å². The van der Waals surface area contributed by atoms with Gasteiger partial charge in [0.25, 0.3) is 0 Å². The monoisotopic (exact) mass is 316 g/mol. The van der Waals surface area contributed by atoms with Crippen LogP contribution in [0.3, 0.4) is 0 Å². The van der Waals surface area contributed by atoms with Crippen molar-refractivity contribution in [2.75, 3.05) is 24.7 Å². The van der Waals surface area contributed by atoms with E-state index in [1.807, 2.05) is 0 Å². The second kappa shape index (κ2) is 6.75. The van der Waals surface area contributed by atoms with Gasteiger partial charge in [0.2, 0.25) is 0 Å². The number of para-hydroxylation sites is 1. The minimum absolute atomic E-state index is 0.0217. The molecule has 2 rings (SSSR count). The summed E-state index contributed by atoms with van der Waals surface area (Å²) in [6, 6.07) is 5.20. The topological polar surface area (TPSA) is 84.5 Å². The van der Waals surface area contributed by atoms with Crippen LogP contribution in [0.2, 0.25) is 0 Å². The maximum Gasteiger partial charge on any atom is 0.315 e. The van der Waals surface area contributed by atoms with E-state index < -0.39 is 21.7 Å². The van der Waals surface area contributed by atoms with Gasteiger partial charge in [-0.15, -0.1) is 0 Å². The summed E-state index contributed by atoms with van der Waals surface area (Å²) < 4.78 is 40.9. The van der Waals surface area contributed by atoms with Gasteiger partial charge in [-0.2, -0.15) is 0 Å². The molecule has 1 aliphatic rings. The summed E-state index contributed by atoms with van der Waals surface area (Å²) in [6.45, 7) is 0.316. The molecule has 2 N–H and O–H groups in total. The highest BCUT2D eigenvalue weighted by Crippen LogP contribution is 2.14. The van der Waals surface area contributed by atoms with Crippen LogP contribution < -0.4 is 15.4 Å². The Morgan fingerprint density at radius 1 is 1.38 bits per heavy atom. The number of rotatable bonds is 5. The normalized spacial score (nSPS) is 20.0. The van der Waals surface area contributed by atoms with Crippen molar-refractivity contribution in [3.63, 3.8) is 0 Å². The zero-order chi connectivity index (χ0) is 15.3. The van der Waals surface area contributed by atoms with Gasteiger partial charge in [-0.25, -0.2) is 17.6 Å². The highest BCUT2D eigenvalue weighted by Gasteiger charge is 2.28. The van der Waals surface area contributed by atoms with Crippen molar-refractivity contribution < 1.29 is 22.3 Å². The zero-order valence-electron chi connectivity index (χ0n) is 11.3. The molecule has 21 heavy (non-hydrogen) atoms. The highest BCUT2D eigenvalue weighted by molar-refractivity contribution is 7.91. The van der Waals surface area contributed by atoms with Gasteiger partial charge < -0.3 is 15.4 Å². The summed E-state index contributed by atoms with van der Waals surface area (Å²) in [6.07, 6.45) is 0.432. The maximum atomic E-state index is 13.2. The molecule has 1 fully saturated rings. The molecule has 2 amide bonds. The van der Waals surface area contributed by atoms with E-state index in [0.29, 0.717) is 6.42 Å². The number of nitrogens with one attached hydrogen (secondary N) is 2. The standard InChI is InChI=1S/C13H17FN2O4S/c14-11-3-1-2-4-12(11)20-7-6-15-13(17)16-10-5-8-21(18,19)9-10/h1-4,10H,5-9H2,(H2,15,16,17). The van der Waals surface area contributed by atoms with Crippen LogP contribution in [-0.2, 0) is 9.84 Å². The Kier molecular flexibility index (Phi) is 5.00. The largest absolute Gasteiger partial charge is 0.489 e. The van der Waals surface area contributed by atoms with E-state index in [9.17, 15) is 17.6 Å². The van der Waals surface area contributed by atoms with Crippen LogP contribution >= 0.6 is 0 Å². The smallest absolute Gasteiger partial charge is 0.315 e. The first-order valence-corrected chi connectivity index (χ1v) is 8.40. The number of urea groups is 1. The van der Waals surface area contributed by atoms with Crippen LogP contribution in [0, 0.1) is 5.82 Å². The zero-order valence-corrected chi connectivity index (χ0v) is 12.2.